The van der Waals surface area contributed by atoms with Gasteiger partial charge in [-0.3, -0.25) is 9.59 Å². The van der Waals surface area contributed by atoms with Crippen LogP contribution in [0.5, 0.6) is 23.0 Å². The summed E-state index contributed by atoms with van der Waals surface area (Å²) in [5.41, 5.74) is 0.351. The number of nitrogens with one attached hydrogen (secondary N) is 1. The fourth-order valence-electron chi connectivity index (χ4n) is 2.57. The number of carbonyl (C=O) groups excluding carboxylic acids is 2. The summed E-state index contributed by atoms with van der Waals surface area (Å²) in [7, 11) is 5.72. The number of halogens is 2. The number of carbonyl (C=O) groups is 2. The van der Waals surface area contributed by atoms with Gasteiger partial charge in [-0.1, -0.05) is 23.2 Å². The van der Waals surface area contributed by atoms with Crippen LogP contribution >= 0.6 is 23.2 Å². The number of ketones is 1. The highest BCUT2D eigenvalue weighted by Gasteiger charge is 2.25. The van der Waals surface area contributed by atoms with Gasteiger partial charge in [-0.2, -0.15) is 5.11 Å². The summed E-state index contributed by atoms with van der Waals surface area (Å²) < 4.78 is 20.8. The van der Waals surface area contributed by atoms with E-state index < -0.39 is 17.7 Å². The van der Waals surface area contributed by atoms with Gasteiger partial charge >= 0.3 is 0 Å². The molecule has 1 atom stereocenters. The third-order valence-corrected chi connectivity index (χ3v) is 4.71. The van der Waals surface area contributed by atoms with E-state index in [2.05, 4.69) is 15.5 Å². The maximum absolute atomic E-state index is 12.8. The van der Waals surface area contributed by atoms with Crippen molar-refractivity contribution in [3.8, 4) is 23.0 Å². The molecule has 0 saturated heterocycles. The average Bonchev–Trinajstić information content (AvgIpc) is 2.74. The Labute approximate surface area is 189 Å². The maximum atomic E-state index is 12.8. The standard InChI is InChI=1S/C20H21Cl2N3O6/c1-10(26)17(24-25-18-11(21)6-7-14(28-2)19(18)31-5)20(27)23-13-8-12(22)15(29-3)9-16(13)30-4/h6-9,17H,1-5H3,(H,23,27). The van der Waals surface area contributed by atoms with Crippen LogP contribution in [-0.4, -0.2) is 46.2 Å². The number of hydrogen-bond acceptors (Lipinski definition) is 8. The van der Waals surface area contributed by atoms with Crippen LogP contribution in [0.3, 0.4) is 0 Å². The van der Waals surface area contributed by atoms with Crippen molar-refractivity contribution in [1.29, 1.82) is 0 Å². The summed E-state index contributed by atoms with van der Waals surface area (Å²) in [6.07, 6.45) is 0. The van der Waals surface area contributed by atoms with Crippen molar-refractivity contribution < 1.29 is 28.5 Å². The van der Waals surface area contributed by atoms with Gasteiger partial charge in [0.15, 0.2) is 17.3 Å². The molecule has 2 aromatic carbocycles. The lowest BCUT2D eigenvalue weighted by Gasteiger charge is -2.15. The van der Waals surface area contributed by atoms with Gasteiger partial charge in [-0.15, -0.1) is 5.11 Å². The molecule has 0 fully saturated rings. The maximum Gasteiger partial charge on any atom is 0.258 e. The van der Waals surface area contributed by atoms with E-state index in [-0.39, 0.29) is 32.9 Å². The molecule has 0 spiro atoms. The van der Waals surface area contributed by atoms with Crippen molar-refractivity contribution in [2.24, 2.45) is 10.2 Å². The molecule has 0 aliphatic heterocycles. The zero-order valence-corrected chi connectivity index (χ0v) is 19.0. The Morgan fingerprint density at radius 3 is 2.10 bits per heavy atom. The van der Waals surface area contributed by atoms with E-state index in [1.165, 1.54) is 53.6 Å². The van der Waals surface area contributed by atoms with Crippen molar-refractivity contribution in [2.75, 3.05) is 33.8 Å². The van der Waals surface area contributed by atoms with Crippen LogP contribution < -0.4 is 24.3 Å². The van der Waals surface area contributed by atoms with Gasteiger partial charge in [0.2, 0.25) is 6.04 Å². The Morgan fingerprint density at radius 2 is 1.55 bits per heavy atom. The second-order valence-corrected chi connectivity index (χ2v) is 6.85. The lowest BCUT2D eigenvalue weighted by atomic mass is 10.2. The van der Waals surface area contributed by atoms with Crippen LogP contribution in [0.2, 0.25) is 10.0 Å². The largest absolute Gasteiger partial charge is 0.495 e. The number of amides is 1. The molecule has 2 aromatic rings. The predicted octanol–water partition coefficient (Wildman–Crippen LogP) is 4.71. The fourth-order valence-corrected chi connectivity index (χ4v) is 3.00. The molecule has 0 aliphatic carbocycles. The van der Waals surface area contributed by atoms with E-state index in [0.29, 0.717) is 11.5 Å². The van der Waals surface area contributed by atoms with Crippen molar-refractivity contribution in [3.05, 3.63) is 34.3 Å². The molecule has 0 aromatic heterocycles. The van der Waals surface area contributed by atoms with Crippen LogP contribution in [0.25, 0.3) is 0 Å². The summed E-state index contributed by atoms with van der Waals surface area (Å²) in [5, 5.41) is 10.9. The second kappa shape index (κ2) is 10.8. The summed E-state index contributed by atoms with van der Waals surface area (Å²) in [4.78, 5) is 24.9. The summed E-state index contributed by atoms with van der Waals surface area (Å²) in [6, 6.07) is 4.60. The SMILES string of the molecule is COc1cc(OC)c(NC(=O)C(N=Nc2c(Cl)ccc(OC)c2OC)C(C)=O)cc1Cl. The molecule has 31 heavy (non-hydrogen) atoms. The average molecular weight is 470 g/mol. The van der Waals surface area contributed by atoms with Crippen molar-refractivity contribution >= 4 is 46.3 Å². The van der Waals surface area contributed by atoms with E-state index in [4.69, 9.17) is 42.1 Å². The molecule has 2 rings (SSSR count). The first-order valence-corrected chi connectivity index (χ1v) is 9.57. The Hall–Kier alpha value is -3.04. The summed E-state index contributed by atoms with van der Waals surface area (Å²) >= 11 is 12.3. The Bertz CT molecular complexity index is 1010. The number of hydrogen-bond donors (Lipinski definition) is 1. The number of methoxy groups -OCH3 is 4. The van der Waals surface area contributed by atoms with Crippen LogP contribution in [0.15, 0.2) is 34.5 Å². The lowest BCUT2D eigenvalue weighted by molar-refractivity contribution is -0.126. The first kappa shape index (κ1) is 24.2. The smallest absolute Gasteiger partial charge is 0.258 e. The highest BCUT2D eigenvalue weighted by Crippen LogP contribution is 2.42. The highest BCUT2D eigenvalue weighted by molar-refractivity contribution is 6.33. The van der Waals surface area contributed by atoms with Crippen LogP contribution in [-0.2, 0) is 9.59 Å². The number of anilines is 1. The number of ether oxygens (including phenoxy) is 4. The van der Waals surface area contributed by atoms with Gasteiger partial charge < -0.3 is 24.3 Å². The van der Waals surface area contributed by atoms with Gasteiger partial charge in [0.1, 0.15) is 17.2 Å². The Kier molecular flexibility index (Phi) is 8.47. The van der Waals surface area contributed by atoms with Gasteiger partial charge in [0, 0.05) is 6.07 Å². The molecule has 0 radical (unpaired) electrons. The van der Waals surface area contributed by atoms with E-state index in [1.807, 2.05) is 0 Å². The van der Waals surface area contributed by atoms with Crippen LogP contribution in [0.1, 0.15) is 6.92 Å². The van der Waals surface area contributed by atoms with Gasteiger partial charge in [0.05, 0.1) is 44.2 Å². The zero-order valence-electron chi connectivity index (χ0n) is 17.5. The molecule has 0 bridgehead atoms. The van der Waals surface area contributed by atoms with Gasteiger partial charge in [-0.05, 0) is 25.1 Å². The molecule has 0 heterocycles. The third kappa shape index (κ3) is 5.56. The minimum Gasteiger partial charge on any atom is -0.495 e. The number of Topliss-reactive ketones (excluding diaryl/α,β-unsaturated/α-hetero) is 1. The quantitative estimate of drug-likeness (QED) is 0.420. The number of rotatable bonds is 9. The van der Waals surface area contributed by atoms with E-state index in [0.717, 1.165) is 0 Å². The number of benzene rings is 2. The van der Waals surface area contributed by atoms with Crippen molar-refractivity contribution in [1.82, 2.24) is 0 Å². The summed E-state index contributed by atoms with van der Waals surface area (Å²) in [6.45, 7) is 1.21. The highest BCUT2D eigenvalue weighted by atomic mass is 35.5. The van der Waals surface area contributed by atoms with E-state index in [9.17, 15) is 9.59 Å². The normalized spacial score (nSPS) is 11.7. The van der Waals surface area contributed by atoms with E-state index in [1.54, 1.807) is 6.07 Å². The molecule has 1 N–H and O–H groups in total. The molecular weight excluding hydrogens is 449 g/mol. The van der Waals surface area contributed by atoms with Gasteiger partial charge in [-0.25, -0.2) is 0 Å². The van der Waals surface area contributed by atoms with Crippen LogP contribution in [0.4, 0.5) is 11.4 Å². The minimum absolute atomic E-state index is 0.118. The first-order valence-electron chi connectivity index (χ1n) is 8.81. The Balaban J connectivity index is 2.37. The molecule has 0 saturated carbocycles. The first-order chi connectivity index (χ1) is 14.8. The van der Waals surface area contributed by atoms with Crippen molar-refractivity contribution in [3.63, 3.8) is 0 Å². The molecule has 11 heteroatoms. The fraction of sp³-hybridized carbons (Fsp3) is 0.300. The monoisotopic (exact) mass is 469 g/mol. The van der Waals surface area contributed by atoms with Crippen LogP contribution in [0, 0.1) is 0 Å². The second-order valence-electron chi connectivity index (χ2n) is 6.04. The summed E-state index contributed by atoms with van der Waals surface area (Å²) in [5.74, 6) is -0.0654. The number of azo groups is 1. The molecule has 0 aliphatic rings. The minimum atomic E-state index is -1.46. The Morgan fingerprint density at radius 1 is 0.903 bits per heavy atom. The predicted molar refractivity (Wildman–Crippen MR) is 117 cm³/mol. The molecule has 1 amide bonds. The number of nitrogens with zero attached hydrogens (tertiary/aromatic N) is 2. The molecular formula is C20H21Cl2N3O6. The lowest BCUT2D eigenvalue weighted by Crippen LogP contribution is -2.32. The van der Waals surface area contributed by atoms with E-state index >= 15 is 0 Å². The molecule has 166 valence electrons. The van der Waals surface area contributed by atoms with Gasteiger partial charge in [0.25, 0.3) is 5.91 Å². The third-order valence-electron chi connectivity index (χ3n) is 4.11. The van der Waals surface area contributed by atoms with Crippen molar-refractivity contribution in [2.45, 2.75) is 13.0 Å². The zero-order chi connectivity index (χ0) is 23.1. The molecule has 9 nitrogen and oxygen atoms in total. The topological polar surface area (TPSA) is 108 Å². The molecule has 1 unspecified atom stereocenters.